The Kier molecular flexibility index (Phi) is 10.9. The van der Waals surface area contributed by atoms with Crippen LogP contribution in [0.3, 0.4) is 0 Å². The number of carbonyl (C=O) groups excluding carboxylic acids is 2. The second-order valence-corrected chi connectivity index (χ2v) is 11.3. The number of hydrogen-bond donors (Lipinski definition) is 1. The second-order valence-electron chi connectivity index (χ2n) is 9.23. The van der Waals surface area contributed by atoms with Gasteiger partial charge in [-0.05, 0) is 56.4 Å². The molecule has 8 nitrogen and oxygen atoms in total. The van der Waals surface area contributed by atoms with E-state index in [9.17, 15) is 18.0 Å². The molecular formula is C27H40N4O4S. The van der Waals surface area contributed by atoms with E-state index in [4.69, 9.17) is 0 Å². The molecule has 198 valence electrons. The first-order chi connectivity index (χ1) is 17.0. The molecule has 0 saturated carbocycles. The van der Waals surface area contributed by atoms with Crippen molar-refractivity contribution in [3.8, 4) is 0 Å². The van der Waals surface area contributed by atoms with Crippen molar-refractivity contribution in [3.63, 3.8) is 0 Å². The zero-order chi connectivity index (χ0) is 26.9. The average molecular weight is 517 g/mol. The summed E-state index contributed by atoms with van der Waals surface area (Å²) >= 11 is 0. The van der Waals surface area contributed by atoms with E-state index in [0.29, 0.717) is 18.7 Å². The lowest BCUT2D eigenvalue weighted by Gasteiger charge is -2.33. The van der Waals surface area contributed by atoms with Crippen LogP contribution in [0.2, 0.25) is 0 Å². The van der Waals surface area contributed by atoms with Gasteiger partial charge in [0.15, 0.2) is 0 Å². The molecule has 2 amide bonds. The van der Waals surface area contributed by atoms with Crippen LogP contribution < -0.4 is 9.62 Å². The number of anilines is 1. The zero-order valence-electron chi connectivity index (χ0n) is 22.3. The Bertz CT molecular complexity index is 1120. The number of amides is 2. The lowest BCUT2D eigenvalue weighted by molar-refractivity contribution is -0.138. The predicted molar refractivity (Wildman–Crippen MR) is 145 cm³/mol. The van der Waals surface area contributed by atoms with Gasteiger partial charge < -0.3 is 10.2 Å². The van der Waals surface area contributed by atoms with E-state index >= 15 is 0 Å². The SMILES string of the molecule is CCCCNC(=O)[C@@H](C)N(CCc1ccccc1)C(=O)CN(c1cc(C)ccc1C)S(=O)(=O)N(C)C. The van der Waals surface area contributed by atoms with Gasteiger partial charge in [-0.25, -0.2) is 4.31 Å². The van der Waals surface area contributed by atoms with Crippen LogP contribution in [-0.2, 0) is 26.2 Å². The Morgan fingerprint density at radius 3 is 2.31 bits per heavy atom. The molecule has 1 atom stereocenters. The van der Waals surface area contributed by atoms with Crippen LogP contribution in [-0.4, -0.2) is 69.2 Å². The van der Waals surface area contributed by atoms with Crippen LogP contribution in [0.15, 0.2) is 48.5 Å². The molecule has 2 aromatic rings. The van der Waals surface area contributed by atoms with Gasteiger partial charge in [-0.3, -0.25) is 9.59 Å². The van der Waals surface area contributed by atoms with E-state index in [1.54, 1.807) is 13.0 Å². The number of rotatable bonds is 13. The highest BCUT2D eigenvalue weighted by Crippen LogP contribution is 2.25. The zero-order valence-corrected chi connectivity index (χ0v) is 23.1. The molecule has 0 aliphatic heterocycles. The van der Waals surface area contributed by atoms with Gasteiger partial charge in [-0.1, -0.05) is 55.8 Å². The first-order valence-corrected chi connectivity index (χ1v) is 13.8. The van der Waals surface area contributed by atoms with Gasteiger partial charge in [0.05, 0.1) is 5.69 Å². The minimum Gasteiger partial charge on any atom is -0.354 e. The van der Waals surface area contributed by atoms with Gasteiger partial charge >= 0.3 is 10.2 Å². The summed E-state index contributed by atoms with van der Waals surface area (Å²) in [6.45, 7) is 7.82. The third kappa shape index (κ3) is 7.80. The summed E-state index contributed by atoms with van der Waals surface area (Å²) in [7, 11) is -1.09. The second kappa shape index (κ2) is 13.4. The molecule has 1 N–H and O–H groups in total. The van der Waals surface area contributed by atoms with Crippen molar-refractivity contribution < 1.29 is 18.0 Å². The third-order valence-electron chi connectivity index (χ3n) is 6.13. The summed E-state index contributed by atoms with van der Waals surface area (Å²) in [5.41, 5.74) is 3.09. The Hall–Kier alpha value is -2.91. The number of nitrogens with zero attached hydrogens (tertiary/aromatic N) is 3. The van der Waals surface area contributed by atoms with E-state index in [0.717, 1.165) is 38.1 Å². The smallest absolute Gasteiger partial charge is 0.304 e. The molecule has 0 spiro atoms. The van der Waals surface area contributed by atoms with Crippen molar-refractivity contribution in [2.24, 2.45) is 0 Å². The molecule has 0 saturated heterocycles. The highest BCUT2D eigenvalue weighted by atomic mass is 32.2. The topological polar surface area (TPSA) is 90.0 Å². The van der Waals surface area contributed by atoms with Crippen molar-refractivity contribution in [2.75, 3.05) is 38.0 Å². The fourth-order valence-corrected chi connectivity index (χ4v) is 4.91. The summed E-state index contributed by atoms with van der Waals surface area (Å²) < 4.78 is 28.9. The molecule has 0 aromatic heterocycles. The number of aryl methyl sites for hydroxylation is 2. The molecule has 0 radical (unpaired) electrons. The van der Waals surface area contributed by atoms with Crippen LogP contribution in [0.1, 0.15) is 43.4 Å². The third-order valence-corrected chi connectivity index (χ3v) is 7.94. The molecule has 2 rings (SSSR count). The van der Waals surface area contributed by atoms with Crippen molar-refractivity contribution in [3.05, 3.63) is 65.2 Å². The average Bonchev–Trinajstić information content (AvgIpc) is 2.84. The highest BCUT2D eigenvalue weighted by molar-refractivity contribution is 7.90. The molecule has 9 heteroatoms. The summed E-state index contributed by atoms with van der Waals surface area (Å²) in [6.07, 6.45) is 2.33. The molecule has 0 bridgehead atoms. The maximum Gasteiger partial charge on any atom is 0.304 e. The summed E-state index contributed by atoms with van der Waals surface area (Å²) in [5, 5.41) is 2.89. The lowest BCUT2D eigenvalue weighted by Crippen LogP contribution is -2.53. The molecule has 0 fully saturated rings. The van der Waals surface area contributed by atoms with Crippen LogP contribution in [0.25, 0.3) is 0 Å². The minimum absolute atomic E-state index is 0.251. The van der Waals surface area contributed by atoms with Gasteiger partial charge in [-0.15, -0.1) is 0 Å². The van der Waals surface area contributed by atoms with Crippen LogP contribution in [0.4, 0.5) is 5.69 Å². The number of benzene rings is 2. The van der Waals surface area contributed by atoms with Gasteiger partial charge in [0, 0.05) is 27.2 Å². The molecule has 0 unspecified atom stereocenters. The van der Waals surface area contributed by atoms with E-state index < -0.39 is 28.7 Å². The maximum atomic E-state index is 13.7. The Balaban J connectivity index is 2.39. The van der Waals surface area contributed by atoms with Gasteiger partial charge in [0.1, 0.15) is 12.6 Å². The van der Waals surface area contributed by atoms with Crippen LogP contribution >= 0.6 is 0 Å². The van der Waals surface area contributed by atoms with E-state index in [1.807, 2.05) is 63.2 Å². The fraction of sp³-hybridized carbons (Fsp3) is 0.481. The summed E-state index contributed by atoms with van der Waals surface area (Å²) in [6, 6.07) is 14.5. The highest BCUT2D eigenvalue weighted by Gasteiger charge is 2.33. The number of hydrogen-bond acceptors (Lipinski definition) is 4. The number of unbranched alkanes of at least 4 members (excludes halogenated alkanes) is 1. The first-order valence-electron chi connectivity index (χ1n) is 12.4. The summed E-state index contributed by atoms with van der Waals surface area (Å²) in [5.74, 6) is -0.686. The van der Waals surface area contributed by atoms with E-state index in [-0.39, 0.29) is 12.5 Å². The Morgan fingerprint density at radius 1 is 1.03 bits per heavy atom. The Labute approximate surface area is 216 Å². The van der Waals surface area contributed by atoms with Crippen molar-refractivity contribution in [1.29, 1.82) is 0 Å². The monoisotopic (exact) mass is 516 g/mol. The molecule has 2 aromatic carbocycles. The normalized spacial score (nSPS) is 12.3. The molecule has 0 heterocycles. The largest absolute Gasteiger partial charge is 0.354 e. The summed E-state index contributed by atoms with van der Waals surface area (Å²) in [4.78, 5) is 28.1. The van der Waals surface area contributed by atoms with Crippen LogP contribution in [0.5, 0.6) is 0 Å². The molecular weight excluding hydrogens is 476 g/mol. The van der Waals surface area contributed by atoms with Crippen molar-refractivity contribution >= 4 is 27.7 Å². The number of carbonyl (C=O) groups is 2. The number of nitrogens with one attached hydrogen (secondary N) is 1. The Morgan fingerprint density at radius 2 is 1.69 bits per heavy atom. The fourth-order valence-electron chi connectivity index (χ4n) is 3.80. The van der Waals surface area contributed by atoms with Crippen molar-refractivity contribution in [2.45, 2.75) is 53.0 Å². The molecule has 36 heavy (non-hydrogen) atoms. The van der Waals surface area contributed by atoms with E-state index in [1.165, 1.54) is 19.0 Å². The molecule has 0 aliphatic carbocycles. The minimum atomic E-state index is -3.97. The van der Waals surface area contributed by atoms with Crippen molar-refractivity contribution in [1.82, 2.24) is 14.5 Å². The van der Waals surface area contributed by atoms with Gasteiger partial charge in [-0.2, -0.15) is 12.7 Å². The quantitative estimate of drug-likeness (QED) is 0.414. The lowest BCUT2D eigenvalue weighted by atomic mass is 10.1. The maximum absolute atomic E-state index is 13.7. The van der Waals surface area contributed by atoms with Crippen LogP contribution in [0, 0.1) is 13.8 Å². The molecule has 0 aliphatic rings. The standard InChI is InChI=1S/C27H40N4O4S/c1-7-8-17-28-27(33)23(4)30(18-16-24-12-10-9-11-13-24)26(32)20-31(36(34,35)29(5)6)25-19-21(2)14-15-22(25)3/h9-15,19,23H,7-8,16-18,20H2,1-6H3,(H,28,33)/t23-/m1/s1. The van der Waals surface area contributed by atoms with E-state index in [2.05, 4.69) is 5.32 Å². The predicted octanol–water partition coefficient (Wildman–Crippen LogP) is 3.29. The van der Waals surface area contributed by atoms with Gasteiger partial charge in [0.2, 0.25) is 11.8 Å². The van der Waals surface area contributed by atoms with Gasteiger partial charge in [0.25, 0.3) is 0 Å². The first kappa shape index (κ1) is 29.3.